The molecule has 2 aromatic carbocycles. The average molecular weight is 345 g/mol. The number of nitriles is 1. The predicted octanol–water partition coefficient (Wildman–Crippen LogP) is 3.21. The minimum absolute atomic E-state index is 0.146. The highest BCUT2D eigenvalue weighted by Crippen LogP contribution is 2.34. The number of nitrogens with one attached hydrogen (secondary N) is 1. The van der Waals surface area contributed by atoms with E-state index in [2.05, 4.69) is 9.97 Å². The molecule has 0 fully saturated rings. The van der Waals surface area contributed by atoms with Gasteiger partial charge in [0.05, 0.1) is 17.0 Å². The first-order valence-electron chi connectivity index (χ1n) is 7.91. The Morgan fingerprint density at radius 2 is 1.85 bits per heavy atom. The molecular formula is C20H15N3O3. The maximum atomic E-state index is 12.4. The lowest BCUT2D eigenvalue weighted by atomic mass is 9.97. The van der Waals surface area contributed by atoms with Crippen molar-refractivity contribution in [2.24, 2.45) is 0 Å². The number of hydrogen-bond donors (Lipinski definition) is 1. The van der Waals surface area contributed by atoms with Crippen molar-refractivity contribution in [3.8, 4) is 34.3 Å². The number of hydrogen-bond acceptors (Lipinski definition) is 5. The van der Waals surface area contributed by atoms with Crippen LogP contribution in [0.15, 0.2) is 59.4 Å². The number of H-pyrrole nitrogens is 1. The SMILES string of the molecule is CC(=O)c1c(-c2ccccc2)nc(=O)[nH]c1-c1ccccc1OCC#N. The van der Waals surface area contributed by atoms with E-state index in [4.69, 9.17) is 10.00 Å². The molecule has 0 bridgehead atoms. The zero-order valence-corrected chi connectivity index (χ0v) is 14.0. The number of ketones is 1. The fourth-order valence-electron chi connectivity index (χ4n) is 2.73. The molecule has 1 N–H and O–H groups in total. The van der Waals surface area contributed by atoms with Gasteiger partial charge in [0.15, 0.2) is 12.4 Å². The summed E-state index contributed by atoms with van der Waals surface area (Å²) >= 11 is 0. The second-order valence-electron chi connectivity index (χ2n) is 5.51. The van der Waals surface area contributed by atoms with E-state index in [1.54, 1.807) is 36.4 Å². The van der Waals surface area contributed by atoms with Gasteiger partial charge >= 0.3 is 5.69 Å². The van der Waals surface area contributed by atoms with Gasteiger partial charge in [0.25, 0.3) is 0 Å². The van der Waals surface area contributed by atoms with Crippen LogP contribution in [0.1, 0.15) is 17.3 Å². The van der Waals surface area contributed by atoms with Crippen LogP contribution in [0.25, 0.3) is 22.5 Å². The minimum Gasteiger partial charge on any atom is -0.478 e. The molecule has 0 amide bonds. The van der Waals surface area contributed by atoms with Crippen molar-refractivity contribution >= 4 is 5.78 Å². The van der Waals surface area contributed by atoms with Crippen molar-refractivity contribution in [1.29, 1.82) is 5.26 Å². The number of ether oxygens (including phenoxy) is 1. The molecule has 0 aliphatic rings. The Morgan fingerprint density at radius 1 is 1.15 bits per heavy atom. The molecule has 0 atom stereocenters. The summed E-state index contributed by atoms with van der Waals surface area (Å²) < 4.78 is 5.45. The van der Waals surface area contributed by atoms with Gasteiger partial charge in [-0.15, -0.1) is 0 Å². The van der Waals surface area contributed by atoms with E-state index >= 15 is 0 Å². The molecule has 0 saturated carbocycles. The van der Waals surface area contributed by atoms with Gasteiger partial charge in [-0.2, -0.15) is 10.2 Å². The zero-order chi connectivity index (χ0) is 18.5. The molecule has 26 heavy (non-hydrogen) atoms. The van der Waals surface area contributed by atoms with Gasteiger partial charge in [0, 0.05) is 11.1 Å². The Morgan fingerprint density at radius 3 is 2.54 bits per heavy atom. The minimum atomic E-state index is -0.570. The van der Waals surface area contributed by atoms with Crippen LogP contribution in [0.3, 0.4) is 0 Å². The molecule has 128 valence electrons. The number of rotatable bonds is 5. The number of aromatic amines is 1. The van der Waals surface area contributed by atoms with Gasteiger partial charge in [0.1, 0.15) is 11.8 Å². The quantitative estimate of drug-likeness (QED) is 0.716. The molecule has 6 heteroatoms. The topological polar surface area (TPSA) is 95.8 Å². The second-order valence-corrected chi connectivity index (χ2v) is 5.51. The number of benzene rings is 2. The summed E-state index contributed by atoms with van der Waals surface area (Å²) in [5.74, 6) is 0.162. The summed E-state index contributed by atoms with van der Waals surface area (Å²) in [6, 6.07) is 17.9. The zero-order valence-electron chi connectivity index (χ0n) is 14.0. The predicted molar refractivity (Wildman–Crippen MR) is 96.8 cm³/mol. The van der Waals surface area contributed by atoms with Gasteiger partial charge in [0.2, 0.25) is 0 Å². The summed E-state index contributed by atoms with van der Waals surface area (Å²) in [5.41, 5.74) is 1.55. The van der Waals surface area contributed by atoms with E-state index in [9.17, 15) is 9.59 Å². The molecule has 0 aliphatic heterocycles. The lowest BCUT2D eigenvalue weighted by Gasteiger charge is -2.14. The molecule has 0 radical (unpaired) electrons. The fourth-order valence-corrected chi connectivity index (χ4v) is 2.73. The molecule has 3 aromatic rings. The third kappa shape index (κ3) is 3.37. The van der Waals surface area contributed by atoms with Crippen LogP contribution in [0.5, 0.6) is 5.75 Å². The van der Waals surface area contributed by atoms with Crippen LogP contribution >= 0.6 is 0 Å². The molecule has 0 aliphatic carbocycles. The Labute approximate surface area is 149 Å². The van der Waals surface area contributed by atoms with E-state index < -0.39 is 5.69 Å². The van der Waals surface area contributed by atoms with Crippen molar-refractivity contribution in [2.45, 2.75) is 6.92 Å². The fraction of sp³-hybridized carbons (Fsp3) is 0.100. The summed E-state index contributed by atoms with van der Waals surface area (Å²) in [6.45, 7) is 1.28. The number of aromatic nitrogens is 2. The number of carbonyl (C=O) groups excluding carboxylic acids is 1. The maximum absolute atomic E-state index is 12.4. The first-order valence-corrected chi connectivity index (χ1v) is 7.91. The number of Topliss-reactive ketones (excluding diaryl/α,β-unsaturated/α-hetero) is 1. The van der Waals surface area contributed by atoms with E-state index in [1.807, 2.05) is 24.3 Å². The third-order valence-corrected chi connectivity index (χ3v) is 3.78. The average Bonchev–Trinajstić information content (AvgIpc) is 2.66. The normalized spacial score (nSPS) is 10.2. The molecule has 0 spiro atoms. The molecule has 1 aromatic heterocycles. The van der Waals surface area contributed by atoms with Gasteiger partial charge in [-0.3, -0.25) is 4.79 Å². The Hall–Kier alpha value is -3.72. The van der Waals surface area contributed by atoms with Gasteiger partial charge in [-0.25, -0.2) is 4.79 Å². The highest BCUT2D eigenvalue weighted by atomic mass is 16.5. The Bertz CT molecular complexity index is 1050. The maximum Gasteiger partial charge on any atom is 0.346 e. The van der Waals surface area contributed by atoms with Gasteiger partial charge in [-0.1, -0.05) is 42.5 Å². The van der Waals surface area contributed by atoms with Gasteiger partial charge in [-0.05, 0) is 19.1 Å². The van der Waals surface area contributed by atoms with Crippen molar-refractivity contribution in [1.82, 2.24) is 9.97 Å². The Balaban J connectivity index is 2.30. The van der Waals surface area contributed by atoms with E-state index in [0.29, 0.717) is 33.8 Å². The van der Waals surface area contributed by atoms with Crippen LogP contribution < -0.4 is 10.4 Å². The molecule has 3 rings (SSSR count). The van der Waals surface area contributed by atoms with E-state index in [-0.39, 0.29) is 12.4 Å². The van der Waals surface area contributed by atoms with Crippen LogP contribution in [0, 0.1) is 11.3 Å². The van der Waals surface area contributed by atoms with Crippen molar-refractivity contribution < 1.29 is 9.53 Å². The second kappa shape index (κ2) is 7.45. The number of nitrogens with zero attached hydrogens (tertiary/aromatic N) is 2. The van der Waals surface area contributed by atoms with E-state index in [0.717, 1.165) is 0 Å². The monoisotopic (exact) mass is 345 g/mol. The lowest BCUT2D eigenvalue weighted by Crippen LogP contribution is -2.17. The van der Waals surface area contributed by atoms with Crippen molar-refractivity contribution in [2.75, 3.05) is 6.61 Å². The van der Waals surface area contributed by atoms with Crippen LogP contribution in [0.4, 0.5) is 0 Å². The summed E-state index contributed by atoms with van der Waals surface area (Å²) in [5, 5.41) is 8.77. The Kier molecular flexibility index (Phi) is 4.90. The smallest absolute Gasteiger partial charge is 0.346 e. The molecule has 0 saturated heterocycles. The molecule has 1 heterocycles. The molecular weight excluding hydrogens is 330 g/mol. The summed E-state index contributed by atoms with van der Waals surface area (Å²) in [7, 11) is 0. The largest absolute Gasteiger partial charge is 0.478 e. The lowest BCUT2D eigenvalue weighted by molar-refractivity contribution is 0.101. The summed E-state index contributed by atoms with van der Waals surface area (Å²) in [6.07, 6.45) is 0. The van der Waals surface area contributed by atoms with E-state index in [1.165, 1.54) is 6.92 Å². The van der Waals surface area contributed by atoms with Crippen molar-refractivity contribution in [3.63, 3.8) is 0 Å². The van der Waals surface area contributed by atoms with Crippen LogP contribution in [-0.2, 0) is 0 Å². The first kappa shape index (κ1) is 17.1. The standard InChI is InChI=1S/C20H15N3O3/c1-13(24)17-18(14-7-3-2-4-8-14)22-20(25)23-19(17)15-9-5-6-10-16(15)26-12-11-21/h2-10H,12H2,1H3,(H,22,23,25). The molecule has 0 unspecified atom stereocenters. The highest BCUT2D eigenvalue weighted by molar-refractivity contribution is 6.05. The van der Waals surface area contributed by atoms with Crippen molar-refractivity contribution in [3.05, 3.63) is 70.6 Å². The summed E-state index contributed by atoms with van der Waals surface area (Å²) in [4.78, 5) is 31.3. The number of para-hydroxylation sites is 1. The molecule has 6 nitrogen and oxygen atoms in total. The number of carbonyl (C=O) groups is 1. The van der Waals surface area contributed by atoms with Crippen LogP contribution in [-0.4, -0.2) is 22.4 Å². The third-order valence-electron chi connectivity index (χ3n) is 3.78. The first-order chi connectivity index (χ1) is 12.6. The highest BCUT2D eigenvalue weighted by Gasteiger charge is 2.21. The van der Waals surface area contributed by atoms with Crippen LogP contribution in [0.2, 0.25) is 0 Å². The van der Waals surface area contributed by atoms with Gasteiger partial charge < -0.3 is 9.72 Å².